The Labute approximate surface area is 90.6 Å². The van der Waals surface area contributed by atoms with Gasteiger partial charge in [-0.25, -0.2) is 9.37 Å². The maximum atomic E-state index is 12.6. The second kappa shape index (κ2) is 4.20. The van der Waals surface area contributed by atoms with Gasteiger partial charge in [-0.3, -0.25) is 0 Å². The van der Waals surface area contributed by atoms with Crippen LogP contribution in [-0.2, 0) is 6.42 Å². The Morgan fingerprint density at radius 1 is 1.33 bits per heavy atom. The van der Waals surface area contributed by atoms with Crippen molar-refractivity contribution < 1.29 is 4.39 Å². The molecule has 1 aromatic carbocycles. The number of aromatic nitrogens is 1. The third kappa shape index (κ3) is 2.39. The third-order valence-corrected chi connectivity index (χ3v) is 2.78. The number of benzene rings is 1. The molecule has 0 atom stereocenters. The first-order valence-corrected chi connectivity index (χ1v) is 5.25. The van der Waals surface area contributed by atoms with E-state index in [1.807, 2.05) is 6.07 Å². The average Bonchev–Trinajstić information content (AvgIpc) is 2.69. The molecule has 15 heavy (non-hydrogen) atoms. The molecule has 74 valence electrons. The van der Waals surface area contributed by atoms with E-state index in [9.17, 15) is 4.39 Å². The van der Waals surface area contributed by atoms with Crippen molar-refractivity contribution in [3.05, 3.63) is 51.7 Å². The molecule has 0 bridgehead atoms. The number of thiazole rings is 1. The summed E-state index contributed by atoms with van der Waals surface area (Å²) in [7, 11) is 0. The second-order valence-corrected chi connectivity index (χ2v) is 3.98. The van der Waals surface area contributed by atoms with Gasteiger partial charge in [0.25, 0.3) is 0 Å². The Balaban J connectivity index is 2.15. The van der Waals surface area contributed by atoms with Crippen LogP contribution < -0.4 is 0 Å². The SMILES string of the molecule is N#Cc1csc(Cc2ccc(F)cc2)n1. The van der Waals surface area contributed by atoms with E-state index in [-0.39, 0.29) is 5.82 Å². The quantitative estimate of drug-likeness (QED) is 0.777. The van der Waals surface area contributed by atoms with Gasteiger partial charge in [-0.2, -0.15) is 5.26 Å². The molecule has 2 aromatic rings. The normalized spacial score (nSPS) is 9.87. The molecule has 0 aliphatic carbocycles. The summed E-state index contributed by atoms with van der Waals surface area (Å²) in [6, 6.07) is 8.28. The topological polar surface area (TPSA) is 36.7 Å². The van der Waals surface area contributed by atoms with E-state index in [0.717, 1.165) is 10.6 Å². The van der Waals surface area contributed by atoms with Crippen LogP contribution >= 0.6 is 11.3 Å². The highest BCUT2D eigenvalue weighted by atomic mass is 32.1. The molecule has 4 heteroatoms. The van der Waals surface area contributed by atoms with Crippen molar-refractivity contribution in [2.45, 2.75) is 6.42 Å². The van der Waals surface area contributed by atoms with Crippen molar-refractivity contribution in [2.75, 3.05) is 0 Å². The Morgan fingerprint density at radius 2 is 2.07 bits per heavy atom. The third-order valence-electron chi connectivity index (χ3n) is 1.93. The number of hydrogen-bond donors (Lipinski definition) is 0. The van der Waals surface area contributed by atoms with Gasteiger partial charge < -0.3 is 0 Å². The lowest BCUT2D eigenvalue weighted by Gasteiger charge is -1.96. The van der Waals surface area contributed by atoms with Gasteiger partial charge in [0.1, 0.15) is 11.9 Å². The van der Waals surface area contributed by atoms with Crippen molar-refractivity contribution >= 4 is 11.3 Å². The molecule has 1 aromatic heterocycles. The fraction of sp³-hybridized carbons (Fsp3) is 0.0909. The number of rotatable bonds is 2. The van der Waals surface area contributed by atoms with E-state index in [0.29, 0.717) is 12.1 Å². The predicted molar refractivity (Wildman–Crippen MR) is 56.0 cm³/mol. The first-order chi connectivity index (χ1) is 7.28. The van der Waals surface area contributed by atoms with Crippen LogP contribution in [0.3, 0.4) is 0 Å². The molecule has 0 spiro atoms. The van der Waals surface area contributed by atoms with Crippen LogP contribution in [0.4, 0.5) is 4.39 Å². The van der Waals surface area contributed by atoms with Crippen molar-refractivity contribution in [3.8, 4) is 6.07 Å². The molecule has 0 radical (unpaired) electrons. The summed E-state index contributed by atoms with van der Waals surface area (Å²) < 4.78 is 12.6. The standard InChI is InChI=1S/C11H7FN2S/c12-9-3-1-8(2-4-9)5-11-14-10(6-13)7-15-11/h1-4,7H,5H2. The summed E-state index contributed by atoms with van der Waals surface area (Å²) in [6.45, 7) is 0. The molecule has 0 fully saturated rings. The predicted octanol–water partition coefficient (Wildman–Crippen LogP) is 2.74. The summed E-state index contributed by atoms with van der Waals surface area (Å²) in [6.07, 6.45) is 0.645. The van der Waals surface area contributed by atoms with Crippen molar-refractivity contribution in [1.82, 2.24) is 4.98 Å². The van der Waals surface area contributed by atoms with E-state index < -0.39 is 0 Å². The Kier molecular flexibility index (Phi) is 2.75. The van der Waals surface area contributed by atoms with Crippen LogP contribution in [0.15, 0.2) is 29.6 Å². The molecule has 1 heterocycles. The van der Waals surface area contributed by atoms with Crippen molar-refractivity contribution in [1.29, 1.82) is 5.26 Å². The fourth-order valence-electron chi connectivity index (χ4n) is 1.22. The van der Waals surface area contributed by atoms with Crippen LogP contribution in [0.2, 0.25) is 0 Å². The molecule has 0 aliphatic heterocycles. The van der Waals surface area contributed by atoms with E-state index in [4.69, 9.17) is 5.26 Å². The Morgan fingerprint density at radius 3 is 2.67 bits per heavy atom. The molecule has 2 rings (SSSR count). The van der Waals surface area contributed by atoms with E-state index >= 15 is 0 Å². The molecular weight excluding hydrogens is 211 g/mol. The summed E-state index contributed by atoms with van der Waals surface area (Å²) in [4.78, 5) is 4.11. The smallest absolute Gasteiger partial charge is 0.151 e. The minimum atomic E-state index is -0.240. The van der Waals surface area contributed by atoms with Gasteiger partial charge in [0.05, 0.1) is 5.01 Å². The van der Waals surface area contributed by atoms with Crippen LogP contribution in [0.25, 0.3) is 0 Å². The number of hydrogen-bond acceptors (Lipinski definition) is 3. The van der Waals surface area contributed by atoms with Gasteiger partial charge in [-0.15, -0.1) is 11.3 Å². The molecule has 0 amide bonds. The number of halogens is 1. The molecule has 0 unspecified atom stereocenters. The van der Waals surface area contributed by atoms with Gasteiger partial charge in [-0.05, 0) is 17.7 Å². The van der Waals surface area contributed by atoms with Crippen LogP contribution in [0.1, 0.15) is 16.3 Å². The molecular formula is C11H7FN2S. The second-order valence-electron chi connectivity index (χ2n) is 3.04. The molecule has 0 saturated carbocycles. The van der Waals surface area contributed by atoms with Gasteiger partial charge in [0.15, 0.2) is 5.69 Å². The highest BCUT2D eigenvalue weighted by Gasteiger charge is 2.02. The zero-order valence-corrected chi connectivity index (χ0v) is 8.59. The maximum absolute atomic E-state index is 12.6. The molecule has 0 N–H and O–H groups in total. The molecule has 0 saturated heterocycles. The Bertz CT molecular complexity index is 496. The lowest BCUT2D eigenvalue weighted by atomic mass is 10.1. The zero-order chi connectivity index (χ0) is 10.7. The van der Waals surface area contributed by atoms with Crippen LogP contribution in [0, 0.1) is 17.1 Å². The first kappa shape index (κ1) is 9.81. The zero-order valence-electron chi connectivity index (χ0n) is 7.77. The van der Waals surface area contributed by atoms with Gasteiger partial charge in [-0.1, -0.05) is 12.1 Å². The summed E-state index contributed by atoms with van der Waals surface area (Å²) in [5, 5.41) is 11.2. The van der Waals surface area contributed by atoms with Crippen LogP contribution in [-0.4, -0.2) is 4.98 Å². The molecule has 2 nitrogen and oxygen atoms in total. The highest BCUT2D eigenvalue weighted by Crippen LogP contribution is 2.14. The van der Waals surface area contributed by atoms with E-state index in [1.165, 1.54) is 23.5 Å². The van der Waals surface area contributed by atoms with Gasteiger partial charge in [0, 0.05) is 11.8 Å². The average molecular weight is 218 g/mol. The summed E-state index contributed by atoms with van der Waals surface area (Å²) in [5.74, 6) is -0.240. The number of nitrogens with zero attached hydrogens (tertiary/aromatic N) is 2. The van der Waals surface area contributed by atoms with Crippen LogP contribution in [0.5, 0.6) is 0 Å². The van der Waals surface area contributed by atoms with Crippen molar-refractivity contribution in [3.63, 3.8) is 0 Å². The van der Waals surface area contributed by atoms with Crippen molar-refractivity contribution in [2.24, 2.45) is 0 Å². The maximum Gasteiger partial charge on any atom is 0.151 e. The first-order valence-electron chi connectivity index (χ1n) is 4.37. The monoisotopic (exact) mass is 218 g/mol. The molecule has 0 aliphatic rings. The largest absolute Gasteiger partial charge is 0.230 e. The number of nitriles is 1. The summed E-state index contributed by atoms with van der Waals surface area (Å²) >= 11 is 1.45. The van der Waals surface area contributed by atoms with Gasteiger partial charge >= 0.3 is 0 Å². The van der Waals surface area contributed by atoms with E-state index in [1.54, 1.807) is 17.5 Å². The fourth-order valence-corrected chi connectivity index (χ4v) is 1.97. The lowest BCUT2D eigenvalue weighted by Crippen LogP contribution is -1.87. The lowest BCUT2D eigenvalue weighted by molar-refractivity contribution is 0.627. The van der Waals surface area contributed by atoms with Gasteiger partial charge in [0.2, 0.25) is 0 Å². The summed E-state index contributed by atoms with van der Waals surface area (Å²) in [5.41, 5.74) is 1.44. The minimum absolute atomic E-state index is 0.240. The highest BCUT2D eigenvalue weighted by molar-refractivity contribution is 7.09. The van der Waals surface area contributed by atoms with E-state index in [2.05, 4.69) is 4.98 Å². The minimum Gasteiger partial charge on any atom is -0.230 e. The Hall–Kier alpha value is -1.73.